The molecule has 0 aliphatic carbocycles. The molecule has 0 aromatic carbocycles. The van der Waals surface area contributed by atoms with Crippen molar-refractivity contribution in [2.75, 3.05) is 0 Å². The zero-order valence-corrected chi connectivity index (χ0v) is 8.36. The number of carboxylic acids is 3. The van der Waals surface area contributed by atoms with E-state index in [1.54, 1.807) is 0 Å². The molecular weight excluding hydrogens is 227 g/mol. The van der Waals surface area contributed by atoms with Gasteiger partial charge in [0.2, 0.25) is 0 Å². The summed E-state index contributed by atoms with van der Waals surface area (Å²) in [5.74, 6) is -6.84. The Labute approximate surface area is 93.9 Å². The van der Waals surface area contributed by atoms with Crippen LogP contribution in [0.1, 0.15) is 6.42 Å². The number of aliphatic hydroxyl groups excluding tert-OH is 1. The number of rotatable bonds is 5. The van der Waals surface area contributed by atoms with E-state index in [1.807, 2.05) is 0 Å². The van der Waals surface area contributed by atoms with E-state index < -0.39 is 36.0 Å². The smallest absolute Gasteiger partial charge is 0.550 e. The SMILES string of the molecule is O=C([O-])CC(O)(C(=O)[O-])C(O)C(=O)[O-].[Al+3]. The third kappa shape index (κ3) is 3.85. The monoisotopic (exact) mass is 232 g/mol. The predicted octanol–water partition coefficient (Wildman–Crippen LogP) is -6.66. The van der Waals surface area contributed by atoms with Gasteiger partial charge in [-0.15, -0.1) is 0 Å². The molecule has 0 saturated carbocycles. The first-order valence-electron chi connectivity index (χ1n) is 3.24. The number of carbonyl (C=O) groups excluding carboxylic acids is 3. The van der Waals surface area contributed by atoms with E-state index in [1.165, 1.54) is 0 Å². The van der Waals surface area contributed by atoms with Crippen LogP contribution >= 0.6 is 0 Å². The molecule has 2 atom stereocenters. The summed E-state index contributed by atoms with van der Waals surface area (Å²) in [5.41, 5.74) is -3.46. The Hall–Kier alpha value is -1.14. The first-order chi connectivity index (χ1) is 6.21. The predicted molar refractivity (Wildman–Crippen MR) is 36.3 cm³/mol. The topological polar surface area (TPSA) is 161 Å². The summed E-state index contributed by atoms with van der Waals surface area (Å²) in [4.78, 5) is 30.2. The van der Waals surface area contributed by atoms with E-state index in [0.717, 1.165) is 0 Å². The minimum Gasteiger partial charge on any atom is -0.550 e. The number of aliphatic carboxylic acids is 3. The molecule has 15 heavy (non-hydrogen) atoms. The van der Waals surface area contributed by atoms with Crippen LogP contribution in [0.2, 0.25) is 0 Å². The molecule has 0 fully saturated rings. The van der Waals surface area contributed by atoms with Crippen LogP contribution in [-0.4, -0.2) is 57.2 Å². The fourth-order valence-corrected chi connectivity index (χ4v) is 0.695. The summed E-state index contributed by atoms with van der Waals surface area (Å²) in [6.45, 7) is 0. The number of hydrogen-bond acceptors (Lipinski definition) is 8. The second-order valence-electron chi connectivity index (χ2n) is 2.48. The van der Waals surface area contributed by atoms with Gasteiger partial charge < -0.3 is 39.9 Å². The van der Waals surface area contributed by atoms with Crippen molar-refractivity contribution in [3.05, 3.63) is 0 Å². The Morgan fingerprint density at radius 2 is 1.60 bits per heavy atom. The first kappa shape index (κ1) is 16.3. The van der Waals surface area contributed by atoms with Crippen molar-refractivity contribution >= 4 is 35.3 Å². The maximum Gasteiger partial charge on any atom is 3.00 e. The molecule has 0 aliphatic heterocycles. The molecule has 0 radical (unpaired) electrons. The summed E-state index contributed by atoms with van der Waals surface area (Å²) in [7, 11) is 0. The Balaban J connectivity index is 0. The van der Waals surface area contributed by atoms with Crippen molar-refractivity contribution in [3.63, 3.8) is 0 Å². The molecule has 0 heterocycles. The van der Waals surface area contributed by atoms with E-state index in [0.29, 0.717) is 0 Å². The summed E-state index contributed by atoms with van der Waals surface area (Å²) < 4.78 is 0. The second-order valence-corrected chi connectivity index (χ2v) is 2.48. The van der Waals surface area contributed by atoms with Crippen LogP contribution in [0.3, 0.4) is 0 Å². The quantitative estimate of drug-likeness (QED) is 0.442. The van der Waals surface area contributed by atoms with Gasteiger partial charge in [-0.25, -0.2) is 0 Å². The van der Waals surface area contributed by atoms with Crippen molar-refractivity contribution in [2.24, 2.45) is 0 Å². The molecular formula is C6H5AlO8. The van der Waals surface area contributed by atoms with Crippen molar-refractivity contribution in [1.82, 2.24) is 0 Å². The third-order valence-corrected chi connectivity index (χ3v) is 1.44. The summed E-state index contributed by atoms with van der Waals surface area (Å²) in [5, 5.41) is 47.8. The van der Waals surface area contributed by atoms with Crippen LogP contribution in [0.5, 0.6) is 0 Å². The van der Waals surface area contributed by atoms with Crippen molar-refractivity contribution in [2.45, 2.75) is 18.1 Å². The minimum atomic E-state index is -3.46. The van der Waals surface area contributed by atoms with Gasteiger partial charge in [0.15, 0.2) is 0 Å². The summed E-state index contributed by atoms with van der Waals surface area (Å²) in [6, 6.07) is 0. The van der Waals surface area contributed by atoms with Gasteiger partial charge in [0, 0.05) is 12.4 Å². The normalized spacial score (nSPS) is 15.6. The molecule has 0 amide bonds. The molecule has 0 saturated heterocycles. The van der Waals surface area contributed by atoms with Crippen LogP contribution in [0, 0.1) is 0 Å². The van der Waals surface area contributed by atoms with E-state index in [9.17, 15) is 29.7 Å². The minimum absolute atomic E-state index is 0. The molecule has 0 rings (SSSR count). The van der Waals surface area contributed by atoms with E-state index in [4.69, 9.17) is 10.2 Å². The van der Waals surface area contributed by atoms with Crippen LogP contribution in [0.25, 0.3) is 0 Å². The van der Waals surface area contributed by atoms with E-state index in [-0.39, 0.29) is 17.4 Å². The van der Waals surface area contributed by atoms with E-state index >= 15 is 0 Å². The van der Waals surface area contributed by atoms with Gasteiger partial charge >= 0.3 is 17.4 Å². The van der Waals surface area contributed by atoms with Gasteiger partial charge in [-0.2, -0.15) is 0 Å². The molecule has 0 spiro atoms. The standard InChI is InChI=1S/C6H8O8.Al/c7-2(8)1-6(14,5(12)13)3(9)4(10)11;/h3,9,14H,1H2,(H,7,8)(H,10,11)(H,12,13);/q;+3/p-3. The average Bonchev–Trinajstić information content (AvgIpc) is 2.00. The van der Waals surface area contributed by atoms with Gasteiger partial charge in [0.05, 0.1) is 11.9 Å². The zero-order chi connectivity index (χ0) is 11.5. The van der Waals surface area contributed by atoms with Gasteiger partial charge in [-0.3, -0.25) is 0 Å². The fourth-order valence-electron chi connectivity index (χ4n) is 0.695. The molecule has 2 N–H and O–H groups in total. The maximum atomic E-state index is 10.2. The number of aliphatic hydroxyl groups is 2. The van der Waals surface area contributed by atoms with Crippen molar-refractivity contribution in [1.29, 1.82) is 0 Å². The van der Waals surface area contributed by atoms with Crippen LogP contribution < -0.4 is 15.3 Å². The molecule has 8 nitrogen and oxygen atoms in total. The largest absolute Gasteiger partial charge is 3.00 e. The summed E-state index contributed by atoms with van der Waals surface area (Å²) >= 11 is 0. The Bertz CT molecular complexity index is 276. The summed E-state index contributed by atoms with van der Waals surface area (Å²) in [6.07, 6.45) is -4.53. The van der Waals surface area contributed by atoms with Crippen molar-refractivity contribution in [3.8, 4) is 0 Å². The number of hydrogen-bond donors (Lipinski definition) is 2. The fraction of sp³-hybridized carbons (Fsp3) is 0.500. The van der Waals surface area contributed by atoms with Crippen LogP contribution in [-0.2, 0) is 14.4 Å². The van der Waals surface area contributed by atoms with Gasteiger partial charge in [-0.1, -0.05) is 0 Å². The Morgan fingerprint density at radius 1 is 1.20 bits per heavy atom. The van der Waals surface area contributed by atoms with Crippen molar-refractivity contribution < 1.29 is 39.9 Å². The molecule has 0 aromatic rings. The Kier molecular flexibility index (Phi) is 6.16. The van der Waals surface area contributed by atoms with Crippen LogP contribution in [0.4, 0.5) is 0 Å². The third-order valence-electron chi connectivity index (χ3n) is 1.44. The van der Waals surface area contributed by atoms with Crippen LogP contribution in [0.15, 0.2) is 0 Å². The molecule has 2 unspecified atom stereocenters. The van der Waals surface area contributed by atoms with Gasteiger partial charge in [0.1, 0.15) is 11.7 Å². The van der Waals surface area contributed by atoms with Gasteiger partial charge in [-0.05, 0) is 0 Å². The molecule has 0 aromatic heterocycles. The molecule has 80 valence electrons. The van der Waals surface area contributed by atoms with E-state index in [2.05, 4.69) is 0 Å². The Morgan fingerprint density at radius 3 is 1.80 bits per heavy atom. The average molecular weight is 232 g/mol. The zero-order valence-electron chi connectivity index (χ0n) is 7.21. The molecule has 9 heteroatoms. The number of carboxylic acid groups (broad SMARTS) is 3. The number of carbonyl (C=O) groups is 3. The molecule has 0 bridgehead atoms. The maximum absolute atomic E-state index is 10.2. The van der Waals surface area contributed by atoms with Gasteiger partial charge in [0.25, 0.3) is 0 Å². The first-order valence-corrected chi connectivity index (χ1v) is 3.24. The molecule has 0 aliphatic rings. The second kappa shape index (κ2) is 5.67.